The minimum Gasteiger partial charge on any atom is -0.379 e. The van der Waals surface area contributed by atoms with Crippen molar-refractivity contribution in [2.24, 2.45) is 17.8 Å². The normalized spacial score (nSPS) is 15.9. The maximum Gasteiger partial charge on any atom is 0.188 e. The minimum atomic E-state index is 0. The highest BCUT2D eigenvalue weighted by Crippen LogP contribution is 2.16. The molecule has 0 saturated carbocycles. The SMILES string of the molecule is CCc1nn(C)c(CC)c1CN=C(N)NCCCN1CCOCC1.I. The Bertz CT molecular complexity index is 539. The quantitative estimate of drug-likeness (QED) is 0.262. The summed E-state index contributed by atoms with van der Waals surface area (Å²) in [7, 11) is 2.00. The summed E-state index contributed by atoms with van der Waals surface area (Å²) in [6.45, 7) is 10.6. The monoisotopic (exact) mass is 464 g/mol. The minimum absolute atomic E-state index is 0. The number of rotatable bonds is 8. The molecule has 25 heavy (non-hydrogen) atoms. The Hall–Kier alpha value is -0.870. The van der Waals surface area contributed by atoms with E-state index in [0.717, 1.165) is 64.3 Å². The number of aromatic nitrogens is 2. The molecule has 8 heteroatoms. The van der Waals surface area contributed by atoms with Crippen molar-refractivity contribution < 1.29 is 4.74 Å². The van der Waals surface area contributed by atoms with E-state index in [1.165, 1.54) is 11.3 Å². The van der Waals surface area contributed by atoms with Gasteiger partial charge in [-0.25, -0.2) is 4.99 Å². The van der Waals surface area contributed by atoms with Crippen molar-refractivity contribution in [2.75, 3.05) is 39.4 Å². The summed E-state index contributed by atoms with van der Waals surface area (Å²) in [6.07, 6.45) is 2.94. The third-order valence-electron chi connectivity index (χ3n) is 4.50. The Morgan fingerprint density at radius 1 is 1.28 bits per heavy atom. The molecule has 7 nitrogen and oxygen atoms in total. The van der Waals surface area contributed by atoms with E-state index in [0.29, 0.717) is 12.5 Å². The fraction of sp³-hybridized carbons (Fsp3) is 0.765. The van der Waals surface area contributed by atoms with Crippen molar-refractivity contribution in [3.05, 3.63) is 17.0 Å². The number of hydrogen-bond donors (Lipinski definition) is 2. The van der Waals surface area contributed by atoms with Crippen LogP contribution in [0, 0.1) is 0 Å². The number of ether oxygens (including phenoxy) is 1. The van der Waals surface area contributed by atoms with Gasteiger partial charge in [0.1, 0.15) is 0 Å². The second kappa shape index (κ2) is 11.7. The summed E-state index contributed by atoms with van der Waals surface area (Å²) >= 11 is 0. The van der Waals surface area contributed by atoms with Crippen molar-refractivity contribution >= 4 is 29.9 Å². The molecule has 1 fully saturated rings. The molecule has 1 aliphatic heterocycles. The Labute approximate surface area is 168 Å². The summed E-state index contributed by atoms with van der Waals surface area (Å²) in [6, 6.07) is 0. The van der Waals surface area contributed by atoms with Crippen molar-refractivity contribution in [3.8, 4) is 0 Å². The fourth-order valence-electron chi connectivity index (χ4n) is 3.14. The van der Waals surface area contributed by atoms with Crippen LogP contribution in [-0.4, -0.2) is 60.0 Å². The van der Waals surface area contributed by atoms with E-state index >= 15 is 0 Å². The van der Waals surface area contributed by atoms with E-state index in [1.807, 2.05) is 11.7 Å². The molecule has 1 saturated heterocycles. The van der Waals surface area contributed by atoms with Crippen LogP contribution in [0.25, 0.3) is 0 Å². The highest BCUT2D eigenvalue weighted by molar-refractivity contribution is 14.0. The summed E-state index contributed by atoms with van der Waals surface area (Å²) in [4.78, 5) is 6.93. The van der Waals surface area contributed by atoms with Gasteiger partial charge < -0.3 is 15.8 Å². The number of nitrogens with two attached hydrogens (primary N) is 1. The zero-order chi connectivity index (χ0) is 17.4. The molecule has 3 N–H and O–H groups in total. The molecule has 2 rings (SSSR count). The summed E-state index contributed by atoms with van der Waals surface area (Å²) in [5.41, 5.74) is 9.60. The topological polar surface area (TPSA) is 80.7 Å². The first-order chi connectivity index (χ1) is 11.7. The van der Waals surface area contributed by atoms with E-state index in [-0.39, 0.29) is 24.0 Å². The Balaban J connectivity index is 0.00000312. The first-order valence-corrected chi connectivity index (χ1v) is 9.03. The lowest BCUT2D eigenvalue weighted by molar-refractivity contribution is 0.0376. The molecule has 0 spiro atoms. The Kier molecular flexibility index (Phi) is 10.4. The molecule has 0 bridgehead atoms. The second-order valence-corrected chi connectivity index (χ2v) is 6.14. The molecule has 0 unspecified atom stereocenters. The standard InChI is InChI=1S/C17H32N6O.HI/c1-4-15-14(16(5-2)22(3)21-15)13-20-17(18)19-7-6-8-23-9-11-24-12-10-23;/h4-13H2,1-3H3,(H3,18,19,20);1H. The lowest BCUT2D eigenvalue weighted by Gasteiger charge is -2.26. The Morgan fingerprint density at radius 2 is 2.00 bits per heavy atom. The molecule has 1 aromatic rings. The Morgan fingerprint density at radius 3 is 2.64 bits per heavy atom. The first kappa shape index (κ1) is 22.2. The van der Waals surface area contributed by atoms with Gasteiger partial charge in [0.25, 0.3) is 0 Å². The molecule has 0 aromatic carbocycles. The van der Waals surface area contributed by atoms with Crippen LogP contribution in [-0.2, 0) is 31.2 Å². The number of aliphatic imine (C=N–C) groups is 1. The molecular weight excluding hydrogens is 431 g/mol. The van der Waals surface area contributed by atoms with Gasteiger partial charge in [0, 0.05) is 37.9 Å². The lowest BCUT2D eigenvalue weighted by atomic mass is 10.1. The van der Waals surface area contributed by atoms with Crippen LogP contribution >= 0.6 is 24.0 Å². The average molecular weight is 464 g/mol. The van der Waals surface area contributed by atoms with Crippen LogP contribution in [0.3, 0.4) is 0 Å². The molecule has 0 amide bonds. The van der Waals surface area contributed by atoms with E-state index in [2.05, 4.69) is 34.2 Å². The molecular formula is C17H33IN6O. The van der Waals surface area contributed by atoms with Crippen molar-refractivity contribution in [1.29, 1.82) is 0 Å². The van der Waals surface area contributed by atoms with Crippen molar-refractivity contribution in [2.45, 2.75) is 39.7 Å². The number of nitrogens with one attached hydrogen (secondary N) is 1. The number of morpholine rings is 1. The van der Waals surface area contributed by atoms with Crippen LogP contribution < -0.4 is 11.1 Å². The summed E-state index contributed by atoms with van der Waals surface area (Å²) in [5.74, 6) is 0.518. The zero-order valence-electron chi connectivity index (χ0n) is 15.8. The number of aryl methyl sites for hydroxylation is 2. The van der Waals surface area contributed by atoms with E-state index in [1.54, 1.807) is 0 Å². The predicted molar refractivity (Wildman–Crippen MR) is 113 cm³/mol. The maximum atomic E-state index is 6.01. The third-order valence-corrected chi connectivity index (χ3v) is 4.50. The number of halogens is 1. The van der Waals surface area contributed by atoms with Gasteiger partial charge in [-0.3, -0.25) is 9.58 Å². The number of guanidine groups is 1. The molecule has 0 radical (unpaired) electrons. The van der Waals surface area contributed by atoms with Crippen LogP contribution in [0.15, 0.2) is 4.99 Å². The van der Waals surface area contributed by atoms with Crippen LogP contribution in [0.1, 0.15) is 37.2 Å². The van der Waals surface area contributed by atoms with Gasteiger partial charge >= 0.3 is 0 Å². The van der Waals surface area contributed by atoms with Gasteiger partial charge in [0.05, 0.1) is 25.5 Å². The molecule has 144 valence electrons. The van der Waals surface area contributed by atoms with Crippen molar-refractivity contribution in [1.82, 2.24) is 20.0 Å². The van der Waals surface area contributed by atoms with E-state index < -0.39 is 0 Å². The van der Waals surface area contributed by atoms with Gasteiger partial charge in [-0.1, -0.05) is 13.8 Å². The zero-order valence-corrected chi connectivity index (χ0v) is 18.1. The predicted octanol–water partition coefficient (Wildman–Crippen LogP) is 1.29. The van der Waals surface area contributed by atoms with Gasteiger partial charge in [0.2, 0.25) is 0 Å². The van der Waals surface area contributed by atoms with Crippen LogP contribution in [0.2, 0.25) is 0 Å². The van der Waals surface area contributed by atoms with Gasteiger partial charge in [-0.15, -0.1) is 24.0 Å². The average Bonchev–Trinajstić information content (AvgIpc) is 2.92. The van der Waals surface area contributed by atoms with Crippen LogP contribution in [0.4, 0.5) is 0 Å². The van der Waals surface area contributed by atoms with E-state index in [4.69, 9.17) is 10.5 Å². The van der Waals surface area contributed by atoms with Crippen molar-refractivity contribution in [3.63, 3.8) is 0 Å². The smallest absolute Gasteiger partial charge is 0.188 e. The lowest BCUT2D eigenvalue weighted by Crippen LogP contribution is -2.39. The molecule has 0 aliphatic carbocycles. The van der Waals surface area contributed by atoms with Gasteiger partial charge in [0.15, 0.2) is 5.96 Å². The number of hydrogen-bond acceptors (Lipinski definition) is 4. The van der Waals surface area contributed by atoms with Gasteiger partial charge in [-0.05, 0) is 25.8 Å². The van der Waals surface area contributed by atoms with Gasteiger partial charge in [-0.2, -0.15) is 5.10 Å². The third kappa shape index (κ3) is 6.74. The maximum absolute atomic E-state index is 6.01. The number of nitrogens with zero attached hydrogens (tertiary/aromatic N) is 4. The summed E-state index contributed by atoms with van der Waals surface area (Å²) < 4.78 is 7.32. The molecule has 0 atom stereocenters. The second-order valence-electron chi connectivity index (χ2n) is 6.14. The molecule has 2 heterocycles. The van der Waals surface area contributed by atoms with E-state index in [9.17, 15) is 0 Å². The molecule has 1 aromatic heterocycles. The molecule has 1 aliphatic rings. The highest BCUT2D eigenvalue weighted by atomic mass is 127. The first-order valence-electron chi connectivity index (χ1n) is 9.03. The largest absolute Gasteiger partial charge is 0.379 e. The van der Waals surface area contributed by atoms with Crippen LogP contribution in [0.5, 0.6) is 0 Å². The summed E-state index contributed by atoms with van der Waals surface area (Å²) in [5, 5.41) is 7.79. The highest BCUT2D eigenvalue weighted by Gasteiger charge is 2.13. The fourth-order valence-corrected chi connectivity index (χ4v) is 3.14.